The first-order valence-electron chi connectivity index (χ1n) is 9.13. The summed E-state index contributed by atoms with van der Waals surface area (Å²) < 4.78 is 1.73. The minimum absolute atomic E-state index is 0.102. The fourth-order valence-electron chi connectivity index (χ4n) is 3.37. The lowest BCUT2D eigenvalue weighted by Gasteiger charge is -2.13. The van der Waals surface area contributed by atoms with Crippen molar-refractivity contribution in [1.29, 1.82) is 0 Å². The molecule has 3 heterocycles. The summed E-state index contributed by atoms with van der Waals surface area (Å²) in [6, 6.07) is 22.0. The lowest BCUT2D eigenvalue weighted by atomic mass is 10.0. The van der Waals surface area contributed by atoms with Crippen molar-refractivity contribution in [3.63, 3.8) is 0 Å². The Morgan fingerprint density at radius 3 is 2.54 bits per heavy atom. The molecule has 136 valence electrons. The van der Waals surface area contributed by atoms with Gasteiger partial charge in [-0.3, -0.25) is 9.48 Å². The van der Waals surface area contributed by atoms with Gasteiger partial charge in [0.05, 0.1) is 12.2 Å². The van der Waals surface area contributed by atoms with E-state index in [1.807, 2.05) is 36.4 Å². The molecule has 0 saturated carbocycles. The first-order chi connectivity index (χ1) is 13.8. The second-order valence-corrected chi connectivity index (χ2v) is 6.61. The predicted molar refractivity (Wildman–Crippen MR) is 106 cm³/mol. The van der Waals surface area contributed by atoms with Gasteiger partial charge in [0, 0.05) is 18.3 Å². The summed E-state index contributed by atoms with van der Waals surface area (Å²) in [6.45, 7) is 1.26. The van der Waals surface area contributed by atoms with Gasteiger partial charge in [0.25, 0.3) is 5.91 Å². The number of rotatable bonds is 3. The number of carbonyl (C=O) groups excluding carboxylic acids is 1. The number of nitrogens with one attached hydrogen (secondary N) is 1. The van der Waals surface area contributed by atoms with E-state index in [-0.39, 0.29) is 5.91 Å². The Hall–Kier alpha value is -3.80. The van der Waals surface area contributed by atoms with E-state index >= 15 is 0 Å². The van der Waals surface area contributed by atoms with Gasteiger partial charge in [-0.1, -0.05) is 48.5 Å². The Balaban J connectivity index is 1.53. The number of amides is 1. The topological polar surface area (TPSA) is 72.7 Å². The molecule has 4 aromatic rings. The highest BCUT2D eigenvalue weighted by molar-refractivity contribution is 5.94. The highest BCUT2D eigenvalue weighted by Gasteiger charge is 2.20. The molecule has 1 aliphatic heterocycles. The lowest BCUT2D eigenvalue weighted by Crippen LogP contribution is -2.35. The van der Waals surface area contributed by atoms with Gasteiger partial charge in [0.2, 0.25) is 0 Å². The van der Waals surface area contributed by atoms with Gasteiger partial charge >= 0.3 is 0 Å². The first-order valence-corrected chi connectivity index (χ1v) is 9.13. The lowest BCUT2D eigenvalue weighted by molar-refractivity contribution is 0.0924. The highest BCUT2D eigenvalue weighted by Crippen LogP contribution is 2.26. The Kier molecular flexibility index (Phi) is 3.94. The van der Waals surface area contributed by atoms with Crippen LogP contribution in [0.1, 0.15) is 10.5 Å². The van der Waals surface area contributed by atoms with Crippen LogP contribution in [0.3, 0.4) is 0 Å². The zero-order valence-electron chi connectivity index (χ0n) is 15.0. The zero-order chi connectivity index (χ0) is 18.9. The fourth-order valence-corrected chi connectivity index (χ4v) is 3.37. The number of benzene rings is 2. The van der Waals surface area contributed by atoms with Gasteiger partial charge in [-0.15, -0.1) is 0 Å². The maximum absolute atomic E-state index is 12.0. The molecule has 0 bridgehead atoms. The van der Waals surface area contributed by atoms with Crippen LogP contribution in [-0.2, 0) is 6.54 Å². The molecule has 0 saturated heterocycles. The number of nitrogens with zero attached hydrogens (tertiary/aromatic N) is 4. The van der Waals surface area contributed by atoms with Gasteiger partial charge in [0.1, 0.15) is 11.4 Å². The van der Waals surface area contributed by atoms with E-state index in [0.29, 0.717) is 36.0 Å². The quantitative estimate of drug-likeness (QED) is 0.602. The first kappa shape index (κ1) is 16.4. The summed E-state index contributed by atoms with van der Waals surface area (Å²) in [4.78, 5) is 21.1. The minimum Gasteiger partial charge on any atom is -0.349 e. The molecule has 0 fully saturated rings. The maximum atomic E-state index is 12.0. The summed E-state index contributed by atoms with van der Waals surface area (Å²) in [6.07, 6.45) is 1.73. The van der Waals surface area contributed by atoms with E-state index in [9.17, 15) is 4.79 Å². The molecule has 28 heavy (non-hydrogen) atoms. The molecule has 5 rings (SSSR count). The van der Waals surface area contributed by atoms with Gasteiger partial charge in [0.15, 0.2) is 5.82 Å². The fraction of sp³-hybridized carbons (Fsp3) is 0.0909. The molecule has 6 heteroatoms. The average Bonchev–Trinajstić information content (AvgIpc) is 3.21. The zero-order valence-corrected chi connectivity index (χ0v) is 15.0. The number of hydrogen-bond donors (Lipinski definition) is 1. The maximum Gasteiger partial charge on any atom is 0.269 e. The smallest absolute Gasteiger partial charge is 0.269 e. The molecule has 1 aliphatic rings. The standard InChI is InChI=1S/C22H17N5O/c28-22-20-14-19(26-27(20)12-11-24-22)18-9-10-23-21(25-18)17-8-4-7-16(13-17)15-5-2-1-3-6-15/h1-10,13-14H,11-12H2,(H,24,28). The van der Waals surface area contributed by atoms with Crippen LogP contribution in [0.15, 0.2) is 72.9 Å². The second-order valence-electron chi connectivity index (χ2n) is 6.61. The third kappa shape index (κ3) is 2.95. The van der Waals surface area contributed by atoms with E-state index in [1.165, 1.54) is 0 Å². The molecular formula is C22H17N5O. The summed E-state index contributed by atoms with van der Waals surface area (Å²) in [7, 11) is 0. The molecule has 0 radical (unpaired) electrons. The van der Waals surface area contributed by atoms with Crippen molar-refractivity contribution in [1.82, 2.24) is 25.1 Å². The van der Waals surface area contributed by atoms with Crippen LogP contribution in [-0.4, -0.2) is 32.2 Å². The van der Waals surface area contributed by atoms with Crippen LogP contribution < -0.4 is 5.32 Å². The van der Waals surface area contributed by atoms with Crippen molar-refractivity contribution < 1.29 is 4.79 Å². The summed E-state index contributed by atoms with van der Waals surface area (Å²) >= 11 is 0. The average molecular weight is 367 g/mol. The number of aromatic nitrogens is 4. The molecule has 2 aromatic heterocycles. The molecule has 2 aromatic carbocycles. The Morgan fingerprint density at radius 1 is 0.857 bits per heavy atom. The molecular weight excluding hydrogens is 350 g/mol. The Labute approximate surface area is 161 Å². The van der Waals surface area contributed by atoms with Gasteiger partial charge in [-0.25, -0.2) is 9.97 Å². The molecule has 0 spiro atoms. The predicted octanol–water partition coefficient (Wildman–Crippen LogP) is 3.42. The number of carbonyl (C=O) groups is 1. The van der Waals surface area contributed by atoms with Crippen LogP contribution in [0.2, 0.25) is 0 Å². The molecule has 1 amide bonds. The van der Waals surface area contributed by atoms with Gasteiger partial charge in [-0.05, 0) is 29.3 Å². The summed E-state index contributed by atoms with van der Waals surface area (Å²) in [5.74, 6) is 0.528. The largest absolute Gasteiger partial charge is 0.349 e. The summed E-state index contributed by atoms with van der Waals surface area (Å²) in [5, 5.41) is 7.37. The summed E-state index contributed by atoms with van der Waals surface area (Å²) in [5.41, 5.74) is 5.13. The highest BCUT2D eigenvalue weighted by atomic mass is 16.2. The third-order valence-corrected chi connectivity index (χ3v) is 4.77. The molecule has 0 unspecified atom stereocenters. The van der Waals surface area contributed by atoms with Crippen molar-refractivity contribution in [3.8, 4) is 33.9 Å². The van der Waals surface area contributed by atoms with Crippen LogP contribution >= 0.6 is 0 Å². The second kappa shape index (κ2) is 6.74. The van der Waals surface area contributed by atoms with Crippen molar-refractivity contribution in [2.75, 3.05) is 6.54 Å². The van der Waals surface area contributed by atoms with E-state index in [0.717, 1.165) is 16.7 Å². The van der Waals surface area contributed by atoms with Crippen molar-refractivity contribution in [3.05, 3.63) is 78.6 Å². The number of hydrogen-bond acceptors (Lipinski definition) is 4. The molecule has 6 nitrogen and oxygen atoms in total. The minimum atomic E-state index is -0.102. The molecule has 1 N–H and O–H groups in total. The Morgan fingerprint density at radius 2 is 1.68 bits per heavy atom. The van der Waals surface area contributed by atoms with Crippen LogP contribution in [0.25, 0.3) is 33.9 Å². The van der Waals surface area contributed by atoms with Crippen LogP contribution in [0, 0.1) is 0 Å². The van der Waals surface area contributed by atoms with E-state index < -0.39 is 0 Å². The number of fused-ring (bicyclic) bond motifs is 1. The van der Waals surface area contributed by atoms with Crippen molar-refractivity contribution in [2.24, 2.45) is 0 Å². The van der Waals surface area contributed by atoms with Gasteiger partial charge < -0.3 is 5.32 Å². The van der Waals surface area contributed by atoms with Crippen molar-refractivity contribution in [2.45, 2.75) is 6.54 Å². The van der Waals surface area contributed by atoms with E-state index in [1.54, 1.807) is 16.9 Å². The normalized spacial score (nSPS) is 13.1. The van der Waals surface area contributed by atoms with Crippen LogP contribution in [0.5, 0.6) is 0 Å². The van der Waals surface area contributed by atoms with Gasteiger partial charge in [-0.2, -0.15) is 5.10 Å². The van der Waals surface area contributed by atoms with E-state index in [2.05, 4.69) is 39.7 Å². The van der Waals surface area contributed by atoms with Crippen molar-refractivity contribution >= 4 is 5.91 Å². The van der Waals surface area contributed by atoms with E-state index in [4.69, 9.17) is 4.98 Å². The molecule has 0 aliphatic carbocycles. The van der Waals surface area contributed by atoms with Crippen LogP contribution in [0.4, 0.5) is 0 Å². The monoisotopic (exact) mass is 367 g/mol. The third-order valence-electron chi connectivity index (χ3n) is 4.77. The SMILES string of the molecule is O=C1NCCn2nc(-c3ccnc(-c4cccc(-c5ccccc5)c4)n3)cc21. The molecule has 0 atom stereocenters. The Bertz CT molecular complexity index is 1170.